The van der Waals surface area contributed by atoms with Gasteiger partial charge in [-0.1, -0.05) is 206 Å². The van der Waals surface area contributed by atoms with E-state index < -0.39 is 0 Å². The minimum atomic E-state index is -0.364. The van der Waals surface area contributed by atoms with Gasteiger partial charge in [0.15, 0.2) is 0 Å². The Balaban J connectivity index is 4.22. The summed E-state index contributed by atoms with van der Waals surface area (Å²) in [6.45, 7) is 16.6. The maximum atomic E-state index is 12.4. The van der Waals surface area contributed by atoms with Crippen molar-refractivity contribution in [3.05, 3.63) is 0 Å². The zero-order chi connectivity index (χ0) is 44.1. The van der Waals surface area contributed by atoms with E-state index in [1.165, 1.54) is 193 Å². The monoisotopic (exact) mass is 854 g/mol. The summed E-state index contributed by atoms with van der Waals surface area (Å²) in [6.07, 6.45) is 46.8. The first-order chi connectivity index (χ1) is 29.2. The second-order valence-electron chi connectivity index (χ2n) is 19.5. The van der Waals surface area contributed by atoms with Gasteiger partial charge in [-0.3, -0.25) is 0 Å². The van der Waals surface area contributed by atoms with Gasteiger partial charge in [0, 0.05) is 26.9 Å². The second-order valence-corrected chi connectivity index (χ2v) is 19.5. The van der Waals surface area contributed by atoms with E-state index in [4.69, 9.17) is 23.7 Å². The predicted octanol–water partition coefficient (Wildman–Crippen LogP) is 16.4. The normalized spacial score (nSPS) is 12.7. The highest BCUT2D eigenvalue weighted by atomic mass is 16.6. The Bertz CT molecular complexity index is 866. The van der Waals surface area contributed by atoms with Gasteiger partial charge in [0.05, 0.1) is 37.1 Å². The van der Waals surface area contributed by atoms with Crippen molar-refractivity contribution in [2.75, 3.05) is 46.7 Å². The van der Waals surface area contributed by atoms with Crippen molar-refractivity contribution >= 4 is 6.09 Å². The molecule has 7 nitrogen and oxygen atoms in total. The zero-order valence-electron chi connectivity index (χ0n) is 41.7. The first-order valence-electron chi connectivity index (χ1n) is 26.4. The van der Waals surface area contributed by atoms with Crippen LogP contribution in [0, 0.1) is 0 Å². The van der Waals surface area contributed by atoms with Crippen LogP contribution < -0.4 is 5.32 Å². The summed E-state index contributed by atoms with van der Waals surface area (Å²) in [5.41, 5.74) is -0.536. The van der Waals surface area contributed by atoms with Crippen molar-refractivity contribution in [2.45, 2.75) is 290 Å². The van der Waals surface area contributed by atoms with Crippen LogP contribution in [0.3, 0.4) is 0 Å². The average Bonchev–Trinajstić information content (AvgIpc) is 3.22. The Labute approximate surface area is 375 Å². The maximum absolute atomic E-state index is 12.4. The molecule has 0 aromatic carbocycles. The predicted molar refractivity (Wildman–Crippen MR) is 259 cm³/mol. The lowest BCUT2D eigenvalue weighted by molar-refractivity contribution is -0.0606. The van der Waals surface area contributed by atoms with E-state index in [0.29, 0.717) is 32.8 Å². The van der Waals surface area contributed by atoms with Gasteiger partial charge in [-0.05, 0) is 66.2 Å². The van der Waals surface area contributed by atoms with E-state index in [-0.39, 0.29) is 23.4 Å². The van der Waals surface area contributed by atoms with Crippen LogP contribution in [0.15, 0.2) is 0 Å². The van der Waals surface area contributed by atoms with Crippen LogP contribution >= 0.6 is 0 Å². The Morgan fingerprint density at radius 3 is 1.28 bits per heavy atom. The van der Waals surface area contributed by atoms with Crippen molar-refractivity contribution in [3.63, 3.8) is 0 Å². The quantitative estimate of drug-likeness (QED) is 0.0615. The molecule has 0 bridgehead atoms. The largest absolute Gasteiger partial charge is 0.450 e. The van der Waals surface area contributed by atoms with Crippen LogP contribution in [0.5, 0.6) is 0 Å². The van der Waals surface area contributed by atoms with E-state index in [9.17, 15) is 4.79 Å². The fourth-order valence-electron chi connectivity index (χ4n) is 7.82. The molecule has 0 fully saturated rings. The molecule has 0 saturated carbocycles. The molecule has 0 aromatic rings. The topological polar surface area (TPSA) is 75.3 Å². The zero-order valence-corrected chi connectivity index (χ0v) is 41.7. The summed E-state index contributed by atoms with van der Waals surface area (Å²) in [7, 11) is 1.73. The molecule has 1 N–H and O–H groups in total. The first kappa shape index (κ1) is 59.1. The van der Waals surface area contributed by atoms with E-state index in [2.05, 4.69) is 46.9 Å². The summed E-state index contributed by atoms with van der Waals surface area (Å²) in [4.78, 5) is 12.4. The molecule has 0 aliphatic rings. The number of hydrogen-bond acceptors (Lipinski definition) is 6. The third kappa shape index (κ3) is 45.1. The molecule has 1 unspecified atom stereocenters. The Morgan fingerprint density at radius 1 is 0.467 bits per heavy atom. The molecule has 0 heterocycles. The molecule has 1 atom stereocenters. The van der Waals surface area contributed by atoms with Crippen LogP contribution in [-0.2, 0) is 23.7 Å². The van der Waals surface area contributed by atoms with Crippen molar-refractivity contribution in [3.8, 4) is 0 Å². The molecule has 0 aliphatic heterocycles. The molecule has 0 spiro atoms. The van der Waals surface area contributed by atoms with Crippen LogP contribution in [-0.4, -0.2) is 70.1 Å². The van der Waals surface area contributed by atoms with Gasteiger partial charge in [-0.15, -0.1) is 0 Å². The molecule has 0 rings (SSSR count). The molecular formula is C53H107NO6. The minimum absolute atomic E-state index is 0.0510. The van der Waals surface area contributed by atoms with Crippen LogP contribution in [0.25, 0.3) is 0 Å². The molecule has 7 heteroatoms. The first-order valence-corrected chi connectivity index (χ1v) is 26.4. The van der Waals surface area contributed by atoms with Gasteiger partial charge in [0.1, 0.15) is 0 Å². The Kier molecular flexibility index (Phi) is 44.0. The summed E-state index contributed by atoms with van der Waals surface area (Å²) in [6, 6.07) is 0. The van der Waals surface area contributed by atoms with Crippen molar-refractivity contribution in [1.29, 1.82) is 0 Å². The number of rotatable bonds is 49. The highest BCUT2D eigenvalue weighted by molar-refractivity contribution is 5.67. The highest BCUT2D eigenvalue weighted by Gasteiger charge is 2.22. The number of carbonyl (C=O) groups is 1. The molecule has 360 valence electrons. The number of alkyl carbamates (subject to hydrolysis) is 1. The molecular weight excluding hydrogens is 747 g/mol. The number of hydrogen-bond donors (Lipinski definition) is 1. The maximum Gasteiger partial charge on any atom is 0.407 e. The molecule has 1 amide bonds. The Morgan fingerprint density at radius 2 is 0.867 bits per heavy atom. The van der Waals surface area contributed by atoms with Gasteiger partial charge in [0.25, 0.3) is 0 Å². The number of unbranched alkanes of at least 4 members (excludes halogenated alkanes) is 30. The third-order valence-corrected chi connectivity index (χ3v) is 12.4. The second kappa shape index (κ2) is 44.7. The fraction of sp³-hybridized carbons (Fsp3) is 0.981. The lowest BCUT2D eigenvalue weighted by atomic mass is 10.0. The molecule has 0 aliphatic carbocycles. The smallest absolute Gasteiger partial charge is 0.407 e. The number of amides is 1. The molecule has 60 heavy (non-hydrogen) atoms. The van der Waals surface area contributed by atoms with E-state index in [0.717, 1.165) is 45.3 Å². The molecule has 0 saturated heterocycles. The standard InChI is InChI=1S/C53H107NO6/c1-8-10-12-14-16-18-20-22-24-26-28-30-32-34-36-38-45-57-49-50(58-46-39-37-35-33-31-29-27-25-23-21-19-17-15-13-11-9-2)41-40-47-59-51(55)54-44-42-53(5,6)60-48-43-52(3,4)56-7/h50H,8-49H2,1-7H3,(H,54,55). The van der Waals surface area contributed by atoms with Gasteiger partial charge in [-0.25, -0.2) is 4.79 Å². The SMILES string of the molecule is CCCCCCCCCCCCCCCCCCOCC(CCCOC(=O)NCCC(C)(C)OCCC(C)(C)OC)OCCCCCCCCCCCCCCCCCC. The summed E-state index contributed by atoms with van der Waals surface area (Å²) in [5.74, 6) is 0. The number of carbonyl (C=O) groups excluding carboxylic acids is 1. The van der Waals surface area contributed by atoms with Gasteiger partial charge in [0.2, 0.25) is 0 Å². The van der Waals surface area contributed by atoms with E-state index >= 15 is 0 Å². The van der Waals surface area contributed by atoms with E-state index in [1.54, 1.807) is 7.11 Å². The third-order valence-electron chi connectivity index (χ3n) is 12.4. The lowest BCUT2D eigenvalue weighted by Crippen LogP contribution is -2.35. The average molecular weight is 854 g/mol. The van der Waals surface area contributed by atoms with Crippen molar-refractivity contribution < 1.29 is 28.5 Å². The van der Waals surface area contributed by atoms with Gasteiger partial charge >= 0.3 is 6.09 Å². The van der Waals surface area contributed by atoms with E-state index in [1.807, 2.05) is 0 Å². The molecule has 0 radical (unpaired) electrons. The summed E-state index contributed by atoms with van der Waals surface area (Å²) >= 11 is 0. The van der Waals surface area contributed by atoms with Gasteiger partial charge in [-0.2, -0.15) is 0 Å². The summed E-state index contributed by atoms with van der Waals surface area (Å²) < 4.78 is 29.6. The Hall–Kier alpha value is -0.890. The number of methoxy groups -OCH3 is 1. The van der Waals surface area contributed by atoms with Crippen molar-refractivity contribution in [2.24, 2.45) is 0 Å². The van der Waals surface area contributed by atoms with Crippen LogP contribution in [0.4, 0.5) is 4.79 Å². The van der Waals surface area contributed by atoms with Crippen molar-refractivity contribution in [1.82, 2.24) is 5.32 Å². The number of ether oxygens (including phenoxy) is 5. The fourth-order valence-corrected chi connectivity index (χ4v) is 7.82. The number of nitrogens with one attached hydrogen (secondary N) is 1. The highest BCUT2D eigenvalue weighted by Crippen LogP contribution is 2.19. The van der Waals surface area contributed by atoms with Gasteiger partial charge < -0.3 is 29.0 Å². The van der Waals surface area contributed by atoms with Crippen LogP contribution in [0.2, 0.25) is 0 Å². The van der Waals surface area contributed by atoms with Crippen LogP contribution in [0.1, 0.15) is 273 Å². The summed E-state index contributed by atoms with van der Waals surface area (Å²) in [5, 5.41) is 2.90. The lowest BCUT2D eigenvalue weighted by Gasteiger charge is -2.29. The minimum Gasteiger partial charge on any atom is -0.450 e. The molecule has 0 aromatic heterocycles.